The lowest BCUT2D eigenvalue weighted by molar-refractivity contribution is -0.124. The summed E-state index contributed by atoms with van der Waals surface area (Å²) in [7, 11) is 0. The molecule has 1 atom stereocenters. The summed E-state index contributed by atoms with van der Waals surface area (Å²) >= 11 is 0. The van der Waals surface area contributed by atoms with Gasteiger partial charge in [0.25, 0.3) is 5.91 Å². The Balaban J connectivity index is 1.56. The van der Waals surface area contributed by atoms with Crippen molar-refractivity contribution in [3.05, 3.63) is 24.3 Å². The lowest BCUT2D eigenvalue weighted by atomic mass is 10.2. The van der Waals surface area contributed by atoms with Crippen molar-refractivity contribution in [2.45, 2.75) is 45.1 Å². The Kier molecular flexibility index (Phi) is 7.03. The van der Waals surface area contributed by atoms with Gasteiger partial charge >= 0.3 is 0 Å². The third kappa shape index (κ3) is 4.70. The van der Waals surface area contributed by atoms with E-state index < -0.39 is 6.04 Å². The Morgan fingerprint density at radius 3 is 2.39 bits per heavy atom. The predicted octanol–water partition coefficient (Wildman–Crippen LogP) is 2.05. The number of piperazine rings is 1. The number of ether oxygens (including phenoxy) is 1. The number of nitrogens with zero attached hydrogens (tertiary/aromatic N) is 3. The van der Waals surface area contributed by atoms with Gasteiger partial charge < -0.3 is 9.64 Å². The number of carbonyl (C=O) groups excluding carboxylic acids is 3. The third-order valence-corrected chi connectivity index (χ3v) is 5.42. The number of hydrogen-bond donors (Lipinski definition) is 0. The van der Waals surface area contributed by atoms with Crippen molar-refractivity contribution in [1.82, 2.24) is 9.80 Å². The smallest absolute Gasteiger partial charge is 0.251 e. The molecule has 0 radical (unpaired) electrons. The van der Waals surface area contributed by atoms with E-state index in [0.29, 0.717) is 38.5 Å². The zero-order valence-electron chi connectivity index (χ0n) is 16.5. The summed E-state index contributed by atoms with van der Waals surface area (Å²) in [5.41, 5.74) is 0.586. The second-order valence-corrected chi connectivity index (χ2v) is 7.37. The van der Waals surface area contributed by atoms with Crippen molar-refractivity contribution >= 4 is 23.9 Å². The lowest BCUT2D eigenvalue weighted by Gasteiger charge is -2.35. The van der Waals surface area contributed by atoms with E-state index >= 15 is 0 Å². The molecule has 0 aliphatic carbocycles. The highest BCUT2D eigenvalue weighted by molar-refractivity contribution is 6.22. The van der Waals surface area contributed by atoms with Gasteiger partial charge in [0.2, 0.25) is 12.3 Å². The van der Waals surface area contributed by atoms with Gasteiger partial charge in [0.05, 0.1) is 24.8 Å². The van der Waals surface area contributed by atoms with Crippen molar-refractivity contribution < 1.29 is 19.1 Å². The number of imide groups is 1. The number of amides is 3. The molecule has 0 spiro atoms. The summed E-state index contributed by atoms with van der Waals surface area (Å²) in [6.07, 6.45) is 5.62. The molecule has 2 aliphatic rings. The molecule has 1 unspecified atom stereocenters. The fourth-order valence-corrected chi connectivity index (χ4v) is 3.74. The number of carbonyl (C=O) groups is 3. The van der Waals surface area contributed by atoms with Gasteiger partial charge in [-0.2, -0.15) is 0 Å². The molecule has 152 valence electrons. The van der Waals surface area contributed by atoms with E-state index in [1.165, 1.54) is 17.7 Å². The van der Waals surface area contributed by atoms with Crippen molar-refractivity contribution in [3.8, 4) is 5.75 Å². The number of anilines is 1. The molecule has 7 heteroatoms. The van der Waals surface area contributed by atoms with Gasteiger partial charge in [0.1, 0.15) is 5.75 Å². The number of benzene rings is 1. The number of rotatable bonds is 9. The monoisotopic (exact) mass is 387 g/mol. The summed E-state index contributed by atoms with van der Waals surface area (Å²) in [5.74, 6) is 0.389. The maximum atomic E-state index is 12.9. The van der Waals surface area contributed by atoms with Crippen LogP contribution in [0.5, 0.6) is 5.75 Å². The van der Waals surface area contributed by atoms with Crippen LogP contribution in [0.25, 0.3) is 0 Å². The molecule has 2 heterocycles. The molecule has 7 nitrogen and oxygen atoms in total. The molecule has 1 aromatic carbocycles. The fraction of sp³-hybridized carbons (Fsp3) is 0.571. The Bertz CT molecular complexity index is 683. The summed E-state index contributed by atoms with van der Waals surface area (Å²) < 4.78 is 5.73. The van der Waals surface area contributed by atoms with Gasteiger partial charge in [-0.15, -0.1) is 0 Å². The quantitative estimate of drug-likeness (QED) is 0.368. The van der Waals surface area contributed by atoms with Gasteiger partial charge in [0.15, 0.2) is 0 Å². The van der Waals surface area contributed by atoms with Crippen LogP contribution in [0.4, 0.5) is 5.69 Å². The van der Waals surface area contributed by atoms with Gasteiger partial charge in [-0.25, -0.2) is 4.90 Å². The lowest BCUT2D eigenvalue weighted by Crippen LogP contribution is -2.52. The Hall–Kier alpha value is -2.41. The van der Waals surface area contributed by atoms with Crippen molar-refractivity contribution in [1.29, 1.82) is 0 Å². The Morgan fingerprint density at radius 2 is 1.75 bits per heavy atom. The zero-order valence-corrected chi connectivity index (χ0v) is 16.5. The molecule has 2 aliphatic heterocycles. The highest BCUT2D eigenvalue weighted by atomic mass is 16.5. The highest BCUT2D eigenvalue weighted by Gasteiger charge is 2.43. The fourth-order valence-electron chi connectivity index (χ4n) is 3.74. The van der Waals surface area contributed by atoms with E-state index in [-0.39, 0.29) is 18.2 Å². The minimum Gasteiger partial charge on any atom is -0.494 e. The van der Waals surface area contributed by atoms with E-state index in [1.54, 1.807) is 17.0 Å². The summed E-state index contributed by atoms with van der Waals surface area (Å²) in [6.45, 7) is 5.26. The first-order chi connectivity index (χ1) is 13.6. The van der Waals surface area contributed by atoms with Crippen LogP contribution in [0.3, 0.4) is 0 Å². The van der Waals surface area contributed by atoms with Crippen LogP contribution in [0.2, 0.25) is 0 Å². The van der Waals surface area contributed by atoms with Crippen LogP contribution in [0, 0.1) is 0 Å². The third-order valence-electron chi connectivity index (χ3n) is 5.42. The van der Waals surface area contributed by atoms with E-state index in [2.05, 4.69) is 6.92 Å². The van der Waals surface area contributed by atoms with E-state index in [1.807, 2.05) is 17.0 Å². The summed E-state index contributed by atoms with van der Waals surface area (Å²) in [6, 6.07) is 6.72. The second-order valence-electron chi connectivity index (χ2n) is 7.37. The van der Waals surface area contributed by atoms with Crippen LogP contribution < -0.4 is 9.64 Å². The molecule has 2 saturated heterocycles. The van der Waals surface area contributed by atoms with Crippen molar-refractivity contribution in [2.75, 3.05) is 37.7 Å². The van der Waals surface area contributed by atoms with Crippen LogP contribution in [-0.2, 0) is 14.4 Å². The van der Waals surface area contributed by atoms with Gasteiger partial charge in [-0.3, -0.25) is 19.3 Å². The molecule has 0 bridgehead atoms. The predicted molar refractivity (Wildman–Crippen MR) is 106 cm³/mol. The number of hydrogen-bond acceptors (Lipinski definition) is 5. The molecular weight excluding hydrogens is 358 g/mol. The topological polar surface area (TPSA) is 70.2 Å². The van der Waals surface area contributed by atoms with Crippen LogP contribution in [0.15, 0.2) is 24.3 Å². The van der Waals surface area contributed by atoms with Gasteiger partial charge in [-0.05, 0) is 30.7 Å². The largest absolute Gasteiger partial charge is 0.494 e. The van der Waals surface area contributed by atoms with E-state index in [4.69, 9.17) is 4.74 Å². The number of unbranched alkanes of at least 4 members (excludes halogenated alkanes) is 3. The minimum absolute atomic E-state index is 0.180. The standard InChI is InChI=1S/C21H29N3O4/c1-2-3-4-5-14-28-18-8-6-17(7-9-18)24-20(26)15-19(21(24)27)23-12-10-22(16-25)11-13-23/h6-9,16,19H,2-5,10-15H2,1H3. The Morgan fingerprint density at radius 1 is 1.04 bits per heavy atom. The molecule has 3 amide bonds. The molecular formula is C21H29N3O4. The maximum absolute atomic E-state index is 12.9. The summed E-state index contributed by atoms with van der Waals surface area (Å²) in [5, 5.41) is 0. The normalized spacial score (nSPS) is 20.7. The minimum atomic E-state index is -0.434. The molecule has 0 saturated carbocycles. The van der Waals surface area contributed by atoms with E-state index in [9.17, 15) is 14.4 Å². The first-order valence-corrected chi connectivity index (χ1v) is 10.2. The summed E-state index contributed by atoms with van der Waals surface area (Å²) in [4.78, 5) is 41.2. The first-order valence-electron chi connectivity index (χ1n) is 10.2. The average Bonchev–Trinajstić information content (AvgIpc) is 3.02. The molecule has 3 rings (SSSR count). The molecule has 28 heavy (non-hydrogen) atoms. The zero-order chi connectivity index (χ0) is 19.9. The molecule has 0 aromatic heterocycles. The second kappa shape index (κ2) is 9.68. The van der Waals surface area contributed by atoms with Crippen LogP contribution >= 0.6 is 0 Å². The maximum Gasteiger partial charge on any atom is 0.251 e. The van der Waals surface area contributed by atoms with Gasteiger partial charge in [-0.1, -0.05) is 26.2 Å². The van der Waals surface area contributed by atoms with Crippen molar-refractivity contribution in [2.24, 2.45) is 0 Å². The molecule has 2 fully saturated rings. The van der Waals surface area contributed by atoms with Crippen molar-refractivity contribution in [3.63, 3.8) is 0 Å². The van der Waals surface area contributed by atoms with E-state index in [0.717, 1.165) is 25.0 Å². The van der Waals surface area contributed by atoms with Crippen LogP contribution in [-0.4, -0.2) is 66.9 Å². The van der Waals surface area contributed by atoms with Gasteiger partial charge in [0, 0.05) is 26.2 Å². The highest BCUT2D eigenvalue weighted by Crippen LogP contribution is 2.28. The SMILES string of the molecule is CCCCCCOc1ccc(N2C(=O)CC(N3CCN(C=O)CC3)C2=O)cc1. The first kappa shape index (κ1) is 20.3. The average molecular weight is 387 g/mol. The van der Waals surface area contributed by atoms with Crippen LogP contribution in [0.1, 0.15) is 39.0 Å². The molecule has 1 aromatic rings. The molecule has 0 N–H and O–H groups in total. The Labute approximate surface area is 166 Å².